The van der Waals surface area contributed by atoms with Crippen LogP contribution < -0.4 is 5.32 Å². The molecule has 120 valence electrons. The van der Waals surface area contributed by atoms with Gasteiger partial charge in [-0.25, -0.2) is 14.0 Å². The van der Waals surface area contributed by atoms with Crippen molar-refractivity contribution in [1.82, 2.24) is 10.2 Å². The summed E-state index contributed by atoms with van der Waals surface area (Å²) in [7, 11) is 1.13. The van der Waals surface area contributed by atoms with Crippen molar-refractivity contribution in [2.24, 2.45) is 0 Å². The van der Waals surface area contributed by atoms with Crippen LogP contribution in [0.3, 0.4) is 0 Å². The van der Waals surface area contributed by atoms with Gasteiger partial charge in [0.05, 0.1) is 13.7 Å². The Kier molecular flexibility index (Phi) is 5.24. The molecular weight excluding hydrogens is 311 g/mol. The Morgan fingerprint density at radius 2 is 2.18 bits per heavy atom. The van der Waals surface area contributed by atoms with Gasteiger partial charge in [-0.05, 0) is 18.1 Å². The van der Waals surface area contributed by atoms with E-state index in [2.05, 4.69) is 10.1 Å². The van der Waals surface area contributed by atoms with E-state index >= 15 is 0 Å². The number of hydrogen-bond acceptors (Lipinski definition) is 3. The minimum Gasteiger partial charge on any atom is -0.467 e. The molecule has 0 spiro atoms. The quantitative estimate of drug-likeness (QED) is 0.862. The van der Waals surface area contributed by atoms with Crippen molar-refractivity contribution < 1.29 is 18.7 Å². The van der Waals surface area contributed by atoms with Crippen LogP contribution in [0.1, 0.15) is 12.0 Å². The molecular formula is C15H18ClFN2O3. The van der Waals surface area contributed by atoms with Crippen LogP contribution in [-0.4, -0.2) is 49.3 Å². The van der Waals surface area contributed by atoms with Gasteiger partial charge in [0.15, 0.2) is 0 Å². The number of ether oxygens (including phenoxy) is 1. The molecule has 1 N–H and O–H groups in total. The zero-order chi connectivity index (χ0) is 16.2. The molecule has 1 aliphatic rings. The maximum Gasteiger partial charge on any atom is 0.345 e. The van der Waals surface area contributed by atoms with Crippen molar-refractivity contribution in [3.8, 4) is 0 Å². The molecule has 0 radical (unpaired) electrons. The zero-order valence-electron chi connectivity index (χ0n) is 12.3. The van der Waals surface area contributed by atoms with Gasteiger partial charge in [0.2, 0.25) is 5.67 Å². The van der Waals surface area contributed by atoms with Crippen molar-refractivity contribution in [3.05, 3.63) is 34.9 Å². The Balaban J connectivity index is 1.82. The van der Waals surface area contributed by atoms with Gasteiger partial charge in [-0.15, -0.1) is 0 Å². The number of rotatable bonds is 4. The summed E-state index contributed by atoms with van der Waals surface area (Å²) in [6.45, 7) is 0.289. The van der Waals surface area contributed by atoms with E-state index in [4.69, 9.17) is 11.6 Å². The molecule has 5 nitrogen and oxygen atoms in total. The van der Waals surface area contributed by atoms with Crippen LogP contribution in [0, 0.1) is 0 Å². The number of carbonyl (C=O) groups is 2. The first-order chi connectivity index (χ1) is 10.5. The van der Waals surface area contributed by atoms with Crippen molar-refractivity contribution in [3.63, 3.8) is 0 Å². The summed E-state index contributed by atoms with van der Waals surface area (Å²) in [4.78, 5) is 24.6. The molecule has 0 aromatic heterocycles. The lowest BCUT2D eigenvalue weighted by Crippen LogP contribution is -2.43. The second kappa shape index (κ2) is 6.96. The maximum atomic E-state index is 14.2. The average molecular weight is 329 g/mol. The second-order valence-corrected chi connectivity index (χ2v) is 5.61. The summed E-state index contributed by atoms with van der Waals surface area (Å²) in [5, 5.41) is 3.35. The lowest BCUT2D eigenvalue weighted by Gasteiger charge is -2.19. The Morgan fingerprint density at radius 3 is 2.86 bits per heavy atom. The number of esters is 1. The summed E-state index contributed by atoms with van der Waals surface area (Å²) < 4.78 is 18.7. The van der Waals surface area contributed by atoms with E-state index in [1.807, 2.05) is 18.2 Å². The lowest BCUT2D eigenvalue weighted by molar-refractivity contribution is -0.153. The van der Waals surface area contributed by atoms with Gasteiger partial charge in [-0.1, -0.05) is 29.8 Å². The minimum atomic E-state index is -2.10. The van der Waals surface area contributed by atoms with Gasteiger partial charge in [0.25, 0.3) is 0 Å². The van der Waals surface area contributed by atoms with Crippen LogP contribution in [-0.2, 0) is 16.0 Å². The number of benzene rings is 1. The first-order valence-electron chi connectivity index (χ1n) is 7.00. The molecule has 1 heterocycles. The molecule has 1 aliphatic heterocycles. The number of likely N-dealkylation sites (tertiary alicyclic amines) is 1. The van der Waals surface area contributed by atoms with Crippen LogP contribution in [0.15, 0.2) is 24.3 Å². The number of alkyl halides is 1. The normalized spacial score (nSPS) is 20.8. The number of hydrogen-bond donors (Lipinski definition) is 1. The first-order valence-corrected chi connectivity index (χ1v) is 7.37. The van der Waals surface area contributed by atoms with Crippen LogP contribution in [0.4, 0.5) is 9.18 Å². The Bertz CT molecular complexity index is 569. The Labute approximate surface area is 133 Å². The van der Waals surface area contributed by atoms with Gasteiger partial charge in [0, 0.05) is 24.5 Å². The largest absolute Gasteiger partial charge is 0.467 e. The van der Waals surface area contributed by atoms with Crippen LogP contribution in [0.2, 0.25) is 5.02 Å². The van der Waals surface area contributed by atoms with Crippen molar-refractivity contribution >= 4 is 23.6 Å². The van der Waals surface area contributed by atoms with E-state index in [0.29, 0.717) is 18.0 Å². The fourth-order valence-electron chi connectivity index (χ4n) is 2.41. The summed E-state index contributed by atoms with van der Waals surface area (Å²) in [5.74, 6) is -0.932. The fourth-order valence-corrected chi connectivity index (χ4v) is 2.64. The monoisotopic (exact) mass is 328 g/mol. The van der Waals surface area contributed by atoms with Gasteiger partial charge < -0.3 is 15.0 Å². The third-order valence-electron chi connectivity index (χ3n) is 3.69. The maximum absolute atomic E-state index is 14.2. The summed E-state index contributed by atoms with van der Waals surface area (Å²) in [6, 6.07) is 6.98. The van der Waals surface area contributed by atoms with Gasteiger partial charge in [0.1, 0.15) is 0 Å². The molecule has 2 amide bonds. The zero-order valence-corrected chi connectivity index (χ0v) is 13.0. The molecule has 1 aromatic carbocycles. The highest BCUT2D eigenvalue weighted by Crippen LogP contribution is 2.26. The lowest BCUT2D eigenvalue weighted by atomic mass is 10.1. The highest BCUT2D eigenvalue weighted by atomic mass is 35.5. The van der Waals surface area contributed by atoms with E-state index in [9.17, 15) is 14.0 Å². The molecule has 0 unspecified atom stereocenters. The molecule has 1 fully saturated rings. The molecule has 1 aromatic rings. The number of amides is 2. The molecule has 0 bridgehead atoms. The summed E-state index contributed by atoms with van der Waals surface area (Å²) >= 11 is 6.03. The van der Waals surface area contributed by atoms with E-state index < -0.39 is 17.7 Å². The number of nitrogens with zero attached hydrogens (tertiary/aromatic N) is 1. The van der Waals surface area contributed by atoms with E-state index in [1.165, 1.54) is 4.90 Å². The molecule has 1 atom stereocenters. The number of halogens is 2. The second-order valence-electron chi connectivity index (χ2n) is 5.20. The summed E-state index contributed by atoms with van der Waals surface area (Å²) in [6.07, 6.45) is 0.536. The van der Waals surface area contributed by atoms with Crippen LogP contribution in [0.25, 0.3) is 0 Å². The Morgan fingerprint density at radius 1 is 1.45 bits per heavy atom. The van der Waals surface area contributed by atoms with Gasteiger partial charge >= 0.3 is 12.0 Å². The molecule has 1 saturated heterocycles. The highest BCUT2D eigenvalue weighted by Gasteiger charge is 2.47. The number of methoxy groups -OCH3 is 1. The van der Waals surface area contributed by atoms with Gasteiger partial charge in [-0.3, -0.25) is 0 Å². The number of urea groups is 1. The van der Waals surface area contributed by atoms with Crippen LogP contribution in [0.5, 0.6) is 0 Å². The van der Waals surface area contributed by atoms with Crippen LogP contribution >= 0.6 is 11.6 Å². The van der Waals surface area contributed by atoms with E-state index in [1.54, 1.807) is 6.07 Å². The first kappa shape index (κ1) is 16.5. The highest BCUT2D eigenvalue weighted by molar-refractivity contribution is 6.31. The van der Waals surface area contributed by atoms with Crippen molar-refractivity contribution in [1.29, 1.82) is 0 Å². The summed E-state index contributed by atoms with van der Waals surface area (Å²) in [5.41, 5.74) is -1.17. The number of carbonyl (C=O) groups excluding carboxylic acids is 2. The molecule has 0 saturated carbocycles. The predicted molar refractivity (Wildman–Crippen MR) is 80.6 cm³/mol. The predicted octanol–water partition coefficient (Wildman–Crippen LogP) is 2.18. The molecule has 2 rings (SSSR count). The van der Waals surface area contributed by atoms with Crippen molar-refractivity contribution in [2.75, 3.05) is 26.7 Å². The third-order valence-corrected chi connectivity index (χ3v) is 4.06. The minimum absolute atomic E-state index is 0.0440. The Hall–Kier alpha value is -1.82. The average Bonchev–Trinajstić information content (AvgIpc) is 2.92. The number of nitrogens with one attached hydrogen (secondary N) is 1. The standard InChI is InChI=1S/C15H18ClFN2O3/c1-22-13(20)15(17)7-9-19(10-15)14(21)18-8-6-11-4-2-3-5-12(11)16/h2-5H,6-10H2,1H3,(H,18,21)/t15-/m1/s1. The third kappa shape index (κ3) is 3.68. The van der Waals surface area contributed by atoms with E-state index in [-0.39, 0.29) is 19.5 Å². The van der Waals surface area contributed by atoms with Crippen molar-refractivity contribution in [2.45, 2.75) is 18.5 Å². The topological polar surface area (TPSA) is 58.6 Å². The molecule has 0 aliphatic carbocycles. The fraction of sp³-hybridized carbons (Fsp3) is 0.467. The molecule has 7 heteroatoms. The van der Waals surface area contributed by atoms with E-state index in [0.717, 1.165) is 12.7 Å². The SMILES string of the molecule is COC(=O)[C@@]1(F)CCN(C(=O)NCCc2ccccc2Cl)C1. The smallest absolute Gasteiger partial charge is 0.345 e. The molecule has 22 heavy (non-hydrogen) atoms. The van der Waals surface area contributed by atoms with Gasteiger partial charge in [-0.2, -0.15) is 0 Å².